The second kappa shape index (κ2) is 8.21. The van der Waals surface area contributed by atoms with Crippen molar-refractivity contribution in [2.45, 2.75) is 49.5 Å². The number of nitrogens with one attached hydrogen (secondary N) is 2. The van der Waals surface area contributed by atoms with Crippen LogP contribution in [0.2, 0.25) is 0 Å². The van der Waals surface area contributed by atoms with E-state index in [1.807, 2.05) is 0 Å². The molecule has 2 N–H and O–H groups in total. The average molecular weight is 536 g/mol. The highest BCUT2D eigenvalue weighted by atomic mass is 19.4. The molecule has 4 fully saturated rings. The van der Waals surface area contributed by atoms with Gasteiger partial charge in [0.05, 0.1) is 11.1 Å². The predicted octanol–water partition coefficient (Wildman–Crippen LogP) is 5.04. The van der Waals surface area contributed by atoms with Crippen molar-refractivity contribution in [3.05, 3.63) is 63.9 Å². The van der Waals surface area contributed by atoms with Gasteiger partial charge in [0, 0.05) is 24.2 Å². The molecule has 2 heterocycles. The Labute approximate surface area is 212 Å². The van der Waals surface area contributed by atoms with Crippen LogP contribution < -0.4 is 16.1 Å². The zero-order valence-electron chi connectivity index (χ0n) is 19.8. The van der Waals surface area contributed by atoms with E-state index in [9.17, 15) is 31.5 Å². The van der Waals surface area contributed by atoms with Crippen LogP contribution in [0.25, 0.3) is 16.7 Å². The summed E-state index contributed by atoms with van der Waals surface area (Å²) in [7, 11) is 0. The molecule has 12 heteroatoms. The van der Waals surface area contributed by atoms with E-state index in [1.165, 1.54) is 6.07 Å². The summed E-state index contributed by atoms with van der Waals surface area (Å²) in [5.74, 6) is -2.59. The van der Waals surface area contributed by atoms with Gasteiger partial charge in [0.2, 0.25) is 5.43 Å². The number of nitrogens with zero attached hydrogens (tertiary/aromatic N) is 2. The van der Waals surface area contributed by atoms with Crippen LogP contribution in [-0.4, -0.2) is 39.4 Å². The molecule has 3 aromatic rings. The molecule has 2 unspecified atom stereocenters. The molecule has 0 spiro atoms. The van der Waals surface area contributed by atoms with Crippen LogP contribution in [0.4, 0.5) is 32.2 Å². The standard InChI is InChI=1S/C26H22F6N4O2/c27-15-1-3-19(18(28)5-15)36-10-17(21(37)16-2-4-20(34-22(16)36)33-12-26(30,31)32)23(38)35-25-8-13-6-24(29,11-25)7-14(13)9-25/h1-5,10,13-14H,6-9,11-12H2,(H,33,34)(H,35,38). The van der Waals surface area contributed by atoms with E-state index >= 15 is 4.39 Å². The highest BCUT2D eigenvalue weighted by Gasteiger charge is 2.63. The fourth-order valence-corrected chi connectivity index (χ4v) is 6.79. The first-order valence-electron chi connectivity index (χ1n) is 12.2. The number of carbonyl (C=O) groups is 1. The summed E-state index contributed by atoms with van der Waals surface area (Å²) in [6, 6.07) is 4.95. The van der Waals surface area contributed by atoms with E-state index in [1.54, 1.807) is 0 Å². The monoisotopic (exact) mass is 536 g/mol. The molecule has 2 aromatic heterocycles. The van der Waals surface area contributed by atoms with Crippen molar-refractivity contribution < 1.29 is 31.1 Å². The van der Waals surface area contributed by atoms with Crippen molar-refractivity contribution in [2.75, 3.05) is 11.9 Å². The highest BCUT2D eigenvalue weighted by molar-refractivity contribution is 5.98. The van der Waals surface area contributed by atoms with Gasteiger partial charge in [0.1, 0.15) is 35.2 Å². The Kier molecular flexibility index (Phi) is 5.35. The van der Waals surface area contributed by atoms with Crippen LogP contribution in [-0.2, 0) is 0 Å². The summed E-state index contributed by atoms with van der Waals surface area (Å²) in [4.78, 5) is 30.9. The van der Waals surface area contributed by atoms with E-state index in [2.05, 4.69) is 15.6 Å². The van der Waals surface area contributed by atoms with Crippen LogP contribution in [0.15, 0.2) is 41.3 Å². The van der Waals surface area contributed by atoms with Crippen LogP contribution in [0.1, 0.15) is 42.5 Å². The van der Waals surface area contributed by atoms with Crippen molar-refractivity contribution in [3.8, 4) is 5.69 Å². The molecule has 0 aliphatic heterocycles. The van der Waals surface area contributed by atoms with E-state index < -0.39 is 46.9 Å². The molecule has 0 saturated heterocycles. The van der Waals surface area contributed by atoms with Gasteiger partial charge in [-0.3, -0.25) is 14.2 Å². The second-order valence-electron chi connectivity index (χ2n) is 10.8. The molecule has 4 aliphatic carbocycles. The maximum absolute atomic E-state index is 15.2. The van der Waals surface area contributed by atoms with E-state index in [-0.39, 0.29) is 46.4 Å². The fourth-order valence-electron chi connectivity index (χ4n) is 6.79. The number of hydrogen-bond acceptors (Lipinski definition) is 4. The molecule has 200 valence electrons. The number of pyridine rings is 2. The number of benzene rings is 1. The predicted molar refractivity (Wildman–Crippen MR) is 126 cm³/mol. The molecule has 38 heavy (non-hydrogen) atoms. The van der Waals surface area contributed by atoms with Crippen molar-refractivity contribution >= 4 is 22.8 Å². The SMILES string of the molecule is O=C(NC12CC3CC(F)(CC3C1)C2)c1cn(-c2ccc(F)cc2F)c2nc(NCC(F)(F)F)ccc2c1=O. The summed E-state index contributed by atoms with van der Waals surface area (Å²) in [6.45, 7) is -1.40. The maximum atomic E-state index is 15.2. The zero-order chi connectivity index (χ0) is 27.0. The molecule has 1 aromatic carbocycles. The van der Waals surface area contributed by atoms with Crippen LogP contribution in [0, 0.1) is 23.5 Å². The van der Waals surface area contributed by atoms with Gasteiger partial charge in [0.15, 0.2) is 5.65 Å². The molecule has 6 nitrogen and oxygen atoms in total. The Morgan fingerprint density at radius 2 is 1.79 bits per heavy atom. The second-order valence-corrected chi connectivity index (χ2v) is 10.8. The number of rotatable bonds is 5. The van der Waals surface area contributed by atoms with E-state index in [4.69, 9.17) is 0 Å². The van der Waals surface area contributed by atoms with Gasteiger partial charge in [-0.25, -0.2) is 18.2 Å². The Hall–Kier alpha value is -3.57. The minimum atomic E-state index is -4.54. The quantitative estimate of drug-likeness (QED) is 0.449. The molecular formula is C26H22F6N4O2. The largest absolute Gasteiger partial charge is 0.405 e. The lowest BCUT2D eigenvalue weighted by molar-refractivity contribution is -0.115. The number of alkyl halides is 4. The Balaban J connectivity index is 1.44. The number of anilines is 1. The van der Waals surface area contributed by atoms with Crippen molar-refractivity contribution in [1.29, 1.82) is 0 Å². The number of halogens is 6. The van der Waals surface area contributed by atoms with Crippen LogP contribution >= 0.6 is 0 Å². The summed E-state index contributed by atoms with van der Waals surface area (Å²) >= 11 is 0. The third-order valence-corrected chi connectivity index (χ3v) is 8.00. The number of hydrogen-bond donors (Lipinski definition) is 2. The summed E-state index contributed by atoms with van der Waals surface area (Å²) in [5.41, 5.74) is -3.77. The molecule has 4 saturated carbocycles. The molecule has 4 aliphatic rings. The number of aromatic nitrogens is 2. The first-order valence-corrected chi connectivity index (χ1v) is 12.2. The smallest absolute Gasteiger partial charge is 0.361 e. The topological polar surface area (TPSA) is 76.0 Å². The normalized spacial score (nSPS) is 27.7. The third-order valence-electron chi connectivity index (χ3n) is 8.00. The lowest BCUT2D eigenvalue weighted by Gasteiger charge is -2.42. The number of amides is 1. The lowest BCUT2D eigenvalue weighted by Crippen LogP contribution is -2.54. The van der Waals surface area contributed by atoms with Gasteiger partial charge in [-0.2, -0.15) is 13.2 Å². The van der Waals surface area contributed by atoms with Crippen LogP contribution in [0.3, 0.4) is 0 Å². The summed E-state index contributed by atoms with van der Waals surface area (Å²) in [5, 5.41) is 4.82. The maximum Gasteiger partial charge on any atom is 0.405 e. The highest BCUT2D eigenvalue weighted by Crippen LogP contribution is 2.63. The Bertz CT molecular complexity index is 1520. The Morgan fingerprint density at radius 3 is 2.42 bits per heavy atom. The van der Waals surface area contributed by atoms with Gasteiger partial charge in [-0.15, -0.1) is 0 Å². The molecule has 2 atom stereocenters. The fraction of sp³-hybridized carbons (Fsp3) is 0.423. The lowest BCUT2D eigenvalue weighted by atomic mass is 9.74. The Morgan fingerprint density at radius 1 is 1.08 bits per heavy atom. The van der Waals surface area contributed by atoms with Gasteiger partial charge in [-0.05, 0) is 61.8 Å². The summed E-state index contributed by atoms with van der Waals surface area (Å²) < 4.78 is 82.7. The molecular weight excluding hydrogens is 514 g/mol. The van der Waals surface area contributed by atoms with Gasteiger partial charge in [0.25, 0.3) is 5.91 Å². The molecule has 4 bridgehead atoms. The summed E-state index contributed by atoms with van der Waals surface area (Å²) in [6.07, 6.45) is -1.19. The van der Waals surface area contributed by atoms with E-state index in [0.717, 1.165) is 29.0 Å². The minimum absolute atomic E-state index is 0.156. The molecule has 7 rings (SSSR count). The van der Waals surface area contributed by atoms with Gasteiger partial charge >= 0.3 is 6.18 Å². The average Bonchev–Trinajstić information content (AvgIpc) is 3.20. The van der Waals surface area contributed by atoms with Crippen LogP contribution in [0.5, 0.6) is 0 Å². The first-order chi connectivity index (χ1) is 17.8. The number of carbonyl (C=O) groups excluding carboxylic acids is 1. The third kappa shape index (κ3) is 4.19. The van der Waals surface area contributed by atoms with Gasteiger partial charge in [-0.1, -0.05) is 0 Å². The van der Waals surface area contributed by atoms with E-state index in [0.29, 0.717) is 31.7 Å². The molecule has 0 radical (unpaired) electrons. The minimum Gasteiger partial charge on any atom is -0.361 e. The van der Waals surface area contributed by atoms with Crippen molar-refractivity contribution in [2.24, 2.45) is 11.8 Å². The first kappa shape index (κ1) is 24.7. The van der Waals surface area contributed by atoms with Crippen molar-refractivity contribution in [3.63, 3.8) is 0 Å². The zero-order valence-corrected chi connectivity index (χ0v) is 19.8. The number of fused-ring (bicyclic) bond motifs is 1. The van der Waals surface area contributed by atoms with Crippen molar-refractivity contribution in [1.82, 2.24) is 14.9 Å². The van der Waals surface area contributed by atoms with Gasteiger partial charge < -0.3 is 10.6 Å². The molecule has 1 amide bonds.